The maximum atomic E-state index is 6.07. The monoisotopic (exact) mass is 277 g/mol. The maximum Gasteiger partial charge on any atom is 0.120 e. The van der Waals surface area contributed by atoms with Crippen LogP contribution in [0.1, 0.15) is 46.0 Å². The van der Waals surface area contributed by atoms with Crippen molar-refractivity contribution in [2.75, 3.05) is 13.2 Å². The molecule has 1 saturated carbocycles. The van der Waals surface area contributed by atoms with Crippen LogP contribution in [0.3, 0.4) is 0 Å². The summed E-state index contributed by atoms with van der Waals surface area (Å²) in [5, 5.41) is 3.55. The Hall–Kier alpha value is -1.22. The van der Waals surface area contributed by atoms with Crippen molar-refractivity contribution in [1.29, 1.82) is 0 Å². The number of hydrogen-bond donors (Lipinski definition) is 1. The van der Waals surface area contributed by atoms with Gasteiger partial charge < -0.3 is 14.8 Å². The van der Waals surface area contributed by atoms with Gasteiger partial charge >= 0.3 is 0 Å². The van der Waals surface area contributed by atoms with Crippen molar-refractivity contribution in [3.05, 3.63) is 24.3 Å². The molecule has 0 aromatic heterocycles. The van der Waals surface area contributed by atoms with E-state index in [1.807, 2.05) is 24.3 Å². The van der Waals surface area contributed by atoms with E-state index in [0.29, 0.717) is 0 Å². The van der Waals surface area contributed by atoms with Crippen molar-refractivity contribution >= 4 is 0 Å². The molecule has 1 aromatic carbocycles. The lowest BCUT2D eigenvalue weighted by molar-refractivity contribution is 0.185. The fourth-order valence-corrected chi connectivity index (χ4v) is 2.14. The summed E-state index contributed by atoms with van der Waals surface area (Å²) in [6.07, 6.45) is 6.18. The molecular formula is C17H27NO2. The minimum atomic E-state index is 0.267. The quantitative estimate of drug-likeness (QED) is 0.706. The molecule has 1 aliphatic carbocycles. The van der Waals surface area contributed by atoms with Crippen molar-refractivity contribution in [3.63, 3.8) is 0 Å². The standard InChI is InChI=1S/C17H27NO2/c1-3-5-17(13-18-14-6-7-14)20-16-10-8-15(9-11-16)19-12-4-2/h8-11,14,17-18H,3-7,12-13H2,1-2H3. The van der Waals surface area contributed by atoms with Crippen molar-refractivity contribution in [2.45, 2.75) is 58.1 Å². The number of rotatable bonds is 10. The second-order valence-corrected chi connectivity index (χ2v) is 5.53. The summed E-state index contributed by atoms with van der Waals surface area (Å²) >= 11 is 0. The molecule has 0 radical (unpaired) electrons. The van der Waals surface area contributed by atoms with Crippen molar-refractivity contribution in [1.82, 2.24) is 5.32 Å². The Kier molecular flexibility index (Phi) is 6.19. The molecule has 0 saturated heterocycles. The second kappa shape index (κ2) is 8.15. The van der Waals surface area contributed by atoms with Crippen LogP contribution in [0.4, 0.5) is 0 Å². The summed E-state index contributed by atoms with van der Waals surface area (Å²) in [6.45, 7) is 6.03. The summed E-state index contributed by atoms with van der Waals surface area (Å²) in [5.74, 6) is 1.85. The molecule has 1 N–H and O–H groups in total. The zero-order valence-corrected chi connectivity index (χ0v) is 12.7. The van der Waals surface area contributed by atoms with Gasteiger partial charge in [-0.25, -0.2) is 0 Å². The van der Waals surface area contributed by atoms with E-state index in [9.17, 15) is 0 Å². The summed E-state index contributed by atoms with van der Waals surface area (Å²) in [4.78, 5) is 0. The SMILES string of the molecule is CCCOc1ccc(OC(CCC)CNC2CC2)cc1. The summed E-state index contributed by atoms with van der Waals surface area (Å²) in [7, 11) is 0. The summed E-state index contributed by atoms with van der Waals surface area (Å²) in [5.41, 5.74) is 0. The van der Waals surface area contributed by atoms with E-state index >= 15 is 0 Å². The molecule has 1 aliphatic rings. The molecule has 1 unspecified atom stereocenters. The first-order valence-electron chi connectivity index (χ1n) is 7.94. The molecule has 3 nitrogen and oxygen atoms in total. The fourth-order valence-electron chi connectivity index (χ4n) is 2.14. The van der Waals surface area contributed by atoms with Crippen LogP contribution < -0.4 is 14.8 Å². The van der Waals surface area contributed by atoms with E-state index in [4.69, 9.17) is 9.47 Å². The Bertz CT molecular complexity index is 373. The first-order chi connectivity index (χ1) is 9.81. The van der Waals surface area contributed by atoms with E-state index in [-0.39, 0.29) is 6.10 Å². The molecule has 1 fully saturated rings. The predicted molar refractivity (Wildman–Crippen MR) is 82.6 cm³/mol. The van der Waals surface area contributed by atoms with Crippen LogP contribution >= 0.6 is 0 Å². The van der Waals surface area contributed by atoms with Crippen LogP contribution in [0.15, 0.2) is 24.3 Å². The molecule has 1 aromatic rings. The number of benzene rings is 1. The zero-order valence-electron chi connectivity index (χ0n) is 12.7. The summed E-state index contributed by atoms with van der Waals surface area (Å²) < 4.78 is 11.7. The van der Waals surface area contributed by atoms with Crippen LogP contribution in [0.25, 0.3) is 0 Å². The highest BCUT2D eigenvalue weighted by Crippen LogP contribution is 2.21. The molecule has 1 atom stereocenters. The van der Waals surface area contributed by atoms with Gasteiger partial charge in [0.25, 0.3) is 0 Å². The third-order valence-corrected chi connectivity index (χ3v) is 3.42. The van der Waals surface area contributed by atoms with Crippen LogP contribution in [0, 0.1) is 0 Å². The largest absolute Gasteiger partial charge is 0.494 e. The lowest BCUT2D eigenvalue weighted by atomic mass is 10.2. The molecule has 0 bridgehead atoms. The highest BCUT2D eigenvalue weighted by atomic mass is 16.5. The second-order valence-electron chi connectivity index (χ2n) is 5.53. The molecule has 0 heterocycles. The highest BCUT2D eigenvalue weighted by molar-refractivity contribution is 5.31. The third-order valence-electron chi connectivity index (χ3n) is 3.42. The maximum absolute atomic E-state index is 6.07. The first kappa shape index (κ1) is 15.2. The average molecular weight is 277 g/mol. The van der Waals surface area contributed by atoms with Gasteiger partial charge in [-0.1, -0.05) is 20.3 Å². The Balaban J connectivity index is 1.81. The molecule has 0 spiro atoms. The van der Waals surface area contributed by atoms with Gasteiger partial charge in [0.1, 0.15) is 17.6 Å². The van der Waals surface area contributed by atoms with Gasteiger partial charge in [0.05, 0.1) is 6.61 Å². The fraction of sp³-hybridized carbons (Fsp3) is 0.647. The Morgan fingerprint density at radius 2 is 1.80 bits per heavy atom. The minimum absolute atomic E-state index is 0.267. The minimum Gasteiger partial charge on any atom is -0.494 e. The lowest BCUT2D eigenvalue weighted by Crippen LogP contribution is -2.32. The Labute approximate surface area is 122 Å². The molecule has 3 heteroatoms. The van der Waals surface area contributed by atoms with Crippen LogP contribution in [0.5, 0.6) is 11.5 Å². The lowest BCUT2D eigenvalue weighted by Gasteiger charge is -2.19. The van der Waals surface area contributed by atoms with E-state index in [1.165, 1.54) is 12.8 Å². The van der Waals surface area contributed by atoms with Gasteiger partial charge in [0.15, 0.2) is 0 Å². The summed E-state index contributed by atoms with van der Waals surface area (Å²) in [6, 6.07) is 8.72. The molecule has 0 aliphatic heterocycles. The number of hydrogen-bond acceptors (Lipinski definition) is 3. The highest BCUT2D eigenvalue weighted by Gasteiger charge is 2.22. The van der Waals surface area contributed by atoms with E-state index < -0.39 is 0 Å². The van der Waals surface area contributed by atoms with Crippen LogP contribution in [0.2, 0.25) is 0 Å². The van der Waals surface area contributed by atoms with E-state index in [2.05, 4.69) is 19.2 Å². The number of nitrogens with one attached hydrogen (secondary N) is 1. The van der Waals surface area contributed by atoms with Gasteiger partial charge in [-0.2, -0.15) is 0 Å². The van der Waals surface area contributed by atoms with Crippen LogP contribution in [-0.4, -0.2) is 25.3 Å². The van der Waals surface area contributed by atoms with Crippen molar-refractivity contribution in [3.8, 4) is 11.5 Å². The number of ether oxygens (including phenoxy) is 2. The van der Waals surface area contributed by atoms with Gasteiger partial charge in [0, 0.05) is 12.6 Å². The molecular weight excluding hydrogens is 250 g/mol. The molecule has 0 amide bonds. The van der Waals surface area contributed by atoms with Gasteiger partial charge in [0.2, 0.25) is 0 Å². The molecule has 20 heavy (non-hydrogen) atoms. The van der Waals surface area contributed by atoms with Crippen molar-refractivity contribution < 1.29 is 9.47 Å². The molecule has 2 rings (SSSR count). The smallest absolute Gasteiger partial charge is 0.120 e. The average Bonchev–Trinajstić information content (AvgIpc) is 3.28. The third kappa shape index (κ3) is 5.41. The topological polar surface area (TPSA) is 30.5 Å². The predicted octanol–water partition coefficient (Wildman–Crippen LogP) is 3.77. The molecule has 112 valence electrons. The van der Waals surface area contributed by atoms with Gasteiger partial charge in [-0.15, -0.1) is 0 Å². The van der Waals surface area contributed by atoms with E-state index in [1.54, 1.807) is 0 Å². The normalized spacial score (nSPS) is 15.9. The van der Waals surface area contributed by atoms with Crippen molar-refractivity contribution in [2.24, 2.45) is 0 Å². The van der Waals surface area contributed by atoms with Gasteiger partial charge in [-0.05, 0) is 49.9 Å². The first-order valence-corrected chi connectivity index (χ1v) is 7.94. The van der Waals surface area contributed by atoms with Gasteiger partial charge in [-0.3, -0.25) is 0 Å². The Morgan fingerprint density at radius 1 is 1.10 bits per heavy atom. The van der Waals surface area contributed by atoms with Crippen LogP contribution in [-0.2, 0) is 0 Å². The zero-order chi connectivity index (χ0) is 14.2. The van der Waals surface area contributed by atoms with E-state index in [0.717, 1.165) is 50.0 Å². The Morgan fingerprint density at radius 3 is 2.40 bits per heavy atom.